The Morgan fingerprint density at radius 3 is 2.48 bits per heavy atom. The summed E-state index contributed by atoms with van der Waals surface area (Å²) in [5, 5.41) is 6.93. The van der Waals surface area contributed by atoms with Crippen LogP contribution in [0.4, 0.5) is 5.69 Å². The van der Waals surface area contributed by atoms with Gasteiger partial charge in [0.2, 0.25) is 5.91 Å². The first-order valence-electron chi connectivity index (χ1n) is 10.5. The van der Waals surface area contributed by atoms with E-state index in [1.54, 1.807) is 48.5 Å². The highest BCUT2D eigenvalue weighted by Crippen LogP contribution is 2.19. The van der Waals surface area contributed by atoms with Gasteiger partial charge in [0.25, 0.3) is 5.91 Å². The summed E-state index contributed by atoms with van der Waals surface area (Å²) in [5.41, 5.74) is 2.92. The number of fused-ring (bicyclic) bond motifs is 1. The number of carbonyl (C=O) groups is 2. The van der Waals surface area contributed by atoms with Crippen LogP contribution in [0.5, 0.6) is 0 Å². The zero-order valence-electron chi connectivity index (χ0n) is 17.7. The molecular formula is C25H22Cl2N4O2. The average molecular weight is 481 g/mol. The molecule has 0 atom stereocenters. The molecule has 0 aliphatic carbocycles. The molecule has 0 spiro atoms. The number of halogens is 2. The fraction of sp³-hybridized carbons (Fsp3) is 0.160. The van der Waals surface area contributed by atoms with E-state index in [0.717, 1.165) is 16.9 Å². The Morgan fingerprint density at radius 2 is 1.70 bits per heavy atom. The summed E-state index contributed by atoms with van der Waals surface area (Å²) in [6.07, 6.45) is 1.29. The van der Waals surface area contributed by atoms with Crippen molar-refractivity contribution >= 4 is 51.7 Å². The van der Waals surface area contributed by atoms with Gasteiger partial charge in [-0.05, 0) is 61.0 Å². The minimum atomic E-state index is -0.169. The lowest BCUT2D eigenvalue weighted by molar-refractivity contribution is -0.116. The van der Waals surface area contributed by atoms with Crippen LogP contribution in [0, 0.1) is 0 Å². The van der Waals surface area contributed by atoms with Gasteiger partial charge >= 0.3 is 0 Å². The van der Waals surface area contributed by atoms with Crippen molar-refractivity contribution in [2.75, 3.05) is 11.9 Å². The van der Waals surface area contributed by atoms with Crippen LogP contribution in [-0.2, 0) is 17.8 Å². The summed E-state index contributed by atoms with van der Waals surface area (Å²) < 4.78 is 1.91. The number of imidazole rings is 1. The minimum Gasteiger partial charge on any atom is -0.352 e. The monoisotopic (exact) mass is 480 g/mol. The first-order chi connectivity index (χ1) is 16.0. The number of hydrogen-bond donors (Lipinski definition) is 2. The molecule has 2 amide bonds. The van der Waals surface area contributed by atoms with Crippen LogP contribution in [0.2, 0.25) is 10.0 Å². The van der Waals surface area contributed by atoms with Crippen molar-refractivity contribution in [2.45, 2.75) is 19.4 Å². The molecule has 0 saturated heterocycles. The molecule has 1 heterocycles. The Balaban J connectivity index is 1.41. The second-order valence-corrected chi connectivity index (χ2v) is 8.40. The van der Waals surface area contributed by atoms with Crippen molar-refractivity contribution in [1.82, 2.24) is 14.9 Å². The molecule has 4 rings (SSSR count). The molecular weight excluding hydrogens is 459 g/mol. The molecule has 0 fully saturated rings. The third kappa shape index (κ3) is 5.92. The van der Waals surface area contributed by atoms with E-state index in [1.165, 1.54) is 0 Å². The second kappa shape index (κ2) is 10.5. The zero-order chi connectivity index (χ0) is 23.2. The lowest BCUT2D eigenvalue weighted by Crippen LogP contribution is -2.25. The fourth-order valence-electron chi connectivity index (χ4n) is 3.55. The van der Waals surface area contributed by atoms with Gasteiger partial charge in [-0.1, -0.05) is 41.4 Å². The number of amides is 2. The van der Waals surface area contributed by atoms with E-state index in [1.807, 2.05) is 28.8 Å². The van der Waals surface area contributed by atoms with Crippen LogP contribution >= 0.6 is 23.2 Å². The summed E-state index contributed by atoms with van der Waals surface area (Å²) in [7, 11) is 0. The van der Waals surface area contributed by atoms with E-state index >= 15 is 0 Å². The molecule has 3 aromatic carbocycles. The van der Waals surface area contributed by atoms with Gasteiger partial charge < -0.3 is 15.2 Å². The summed E-state index contributed by atoms with van der Waals surface area (Å²) in [6.45, 7) is 0.610. The van der Waals surface area contributed by atoms with Gasteiger partial charge in [-0.3, -0.25) is 9.59 Å². The first-order valence-corrected chi connectivity index (χ1v) is 11.3. The predicted molar refractivity (Wildman–Crippen MR) is 132 cm³/mol. The van der Waals surface area contributed by atoms with Crippen LogP contribution in [0.25, 0.3) is 11.0 Å². The third-order valence-corrected chi connectivity index (χ3v) is 5.60. The maximum Gasteiger partial charge on any atom is 0.251 e. The van der Waals surface area contributed by atoms with Gasteiger partial charge in [0, 0.05) is 34.3 Å². The number of nitrogens with zero attached hydrogens (tertiary/aromatic N) is 2. The zero-order valence-corrected chi connectivity index (χ0v) is 19.2. The van der Waals surface area contributed by atoms with E-state index in [2.05, 4.69) is 10.6 Å². The van der Waals surface area contributed by atoms with Crippen molar-refractivity contribution in [3.05, 3.63) is 94.2 Å². The highest BCUT2D eigenvalue weighted by atomic mass is 35.5. The minimum absolute atomic E-state index is 0.124. The normalized spacial score (nSPS) is 10.8. The molecule has 33 heavy (non-hydrogen) atoms. The van der Waals surface area contributed by atoms with Gasteiger partial charge in [-0.2, -0.15) is 0 Å². The number of aromatic nitrogens is 2. The molecule has 4 aromatic rings. The summed E-state index contributed by atoms with van der Waals surface area (Å²) in [4.78, 5) is 29.7. The Kier molecular flexibility index (Phi) is 7.27. The molecule has 168 valence electrons. The lowest BCUT2D eigenvalue weighted by atomic mass is 10.2. The predicted octanol–water partition coefficient (Wildman–Crippen LogP) is 5.34. The van der Waals surface area contributed by atoms with Gasteiger partial charge in [-0.25, -0.2) is 4.98 Å². The fourth-order valence-corrected chi connectivity index (χ4v) is 3.87. The highest BCUT2D eigenvalue weighted by Gasteiger charge is 2.14. The Hall–Kier alpha value is -3.35. The molecule has 0 aliphatic rings. The van der Waals surface area contributed by atoms with E-state index < -0.39 is 0 Å². The average Bonchev–Trinajstić information content (AvgIpc) is 3.14. The van der Waals surface area contributed by atoms with E-state index in [4.69, 9.17) is 28.2 Å². The van der Waals surface area contributed by atoms with Crippen molar-refractivity contribution in [1.29, 1.82) is 0 Å². The molecule has 1 aromatic heterocycles. The largest absolute Gasteiger partial charge is 0.352 e. The second-order valence-electron chi connectivity index (χ2n) is 7.53. The molecule has 0 unspecified atom stereocenters. The molecule has 0 saturated carbocycles. The molecule has 6 nitrogen and oxygen atoms in total. The van der Waals surface area contributed by atoms with Gasteiger partial charge in [0.15, 0.2) is 0 Å². The summed E-state index contributed by atoms with van der Waals surface area (Å²) in [5.74, 6) is 0.469. The lowest BCUT2D eigenvalue weighted by Gasteiger charge is -2.11. The van der Waals surface area contributed by atoms with E-state index in [-0.39, 0.29) is 18.4 Å². The topological polar surface area (TPSA) is 76.0 Å². The van der Waals surface area contributed by atoms with Gasteiger partial charge in [-0.15, -0.1) is 0 Å². The maximum atomic E-state index is 12.7. The molecule has 8 heteroatoms. The number of carbonyl (C=O) groups excluding carboxylic acids is 2. The van der Waals surface area contributed by atoms with E-state index in [9.17, 15) is 9.59 Å². The van der Waals surface area contributed by atoms with Crippen LogP contribution in [0.15, 0.2) is 72.8 Å². The Bertz CT molecular complexity index is 1290. The molecule has 0 bridgehead atoms. The Morgan fingerprint density at radius 1 is 0.909 bits per heavy atom. The van der Waals surface area contributed by atoms with E-state index in [0.29, 0.717) is 40.7 Å². The SMILES string of the molecule is O=C(Cn1c(CCCNC(=O)c2ccc(Cl)cc2)nc2ccccc21)Nc1cccc(Cl)c1. The standard InChI is InChI=1S/C25H22Cl2N4O2/c26-18-12-10-17(11-13-18)25(33)28-14-4-9-23-30-21-7-1-2-8-22(21)31(23)16-24(32)29-20-6-3-5-19(27)15-20/h1-3,5-8,10-13,15H,4,9,14,16H2,(H,28,33)(H,29,32). The van der Waals surface area contributed by atoms with Crippen molar-refractivity contribution < 1.29 is 9.59 Å². The number of rotatable bonds is 8. The van der Waals surface area contributed by atoms with Gasteiger partial charge in [0.1, 0.15) is 12.4 Å². The van der Waals surface area contributed by atoms with Crippen LogP contribution in [0.3, 0.4) is 0 Å². The number of para-hydroxylation sites is 2. The summed E-state index contributed by atoms with van der Waals surface area (Å²) >= 11 is 11.9. The maximum absolute atomic E-state index is 12.7. The van der Waals surface area contributed by atoms with Crippen LogP contribution < -0.4 is 10.6 Å². The van der Waals surface area contributed by atoms with Gasteiger partial charge in [0.05, 0.1) is 11.0 Å². The number of nitrogens with one attached hydrogen (secondary N) is 2. The van der Waals surface area contributed by atoms with Crippen LogP contribution in [0.1, 0.15) is 22.6 Å². The van der Waals surface area contributed by atoms with Crippen molar-refractivity contribution in [3.8, 4) is 0 Å². The third-order valence-electron chi connectivity index (χ3n) is 5.11. The Labute approximate surface area is 201 Å². The number of benzene rings is 3. The quantitative estimate of drug-likeness (QED) is 0.334. The molecule has 0 radical (unpaired) electrons. The van der Waals surface area contributed by atoms with Crippen LogP contribution in [-0.4, -0.2) is 27.9 Å². The smallest absolute Gasteiger partial charge is 0.251 e. The summed E-state index contributed by atoms with van der Waals surface area (Å²) in [6, 6.07) is 21.5. The molecule has 0 aliphatic heterocycles. The number of anilines is 1. The number of hydrogen-bond acceptors (Lipinski definition) is 3. The first kappa shape index (κ1) is 22.8. The van der Waals surface area contributed by atoms with Crippen molar-refractivity contribution in [2.24, 2.45) is 0 Å². The van der Waals surface area contributed by atoms with Crippen molar-refractivity contribution in [3.63, 3.8) is 0 Å². The highest BCUT2D eigenvalue weighted by molar-refractivity contribution is 6.31. The number of aryl methyl sites for hydroxylation is 1. The molecule has 2 N–H and O–H groups in total.